The van der Waals surface area contributed by atoms with Gasteiger partial charge in [0.05, 0.1) is 5.69 Å². The maximum absolute atomic E-state index is 12.3. The van der Waals surface area contributed by atoms with Crippen molar-refractivity contribution in [1.29, 1.82) is 0 Å². The highest BCUT2D eigenvalue weighted by Gasteiger charge is 2.47. The molecule has 0 aromatic heterocycles. The lowest BCUT2D eigenvalue weighted by Gasteiger charge is -2.33. The second-order valence-electron chi connectivity index (χ2n) is 4.86. The molecule has 2 aromatic carbocycles. The topological polar surface area (TPSA) is 52.6 Å². The number of hydrogen-bond acceptors (Lipinski definition) is 3. The Morgan fingerprint density at radius 1 is 1.20 bits per heavy atom. The van der Waals surface area contributed by atoms with Crippen LogP contribution in [-0.4, -0.2) is 11.1 Å². The molecular formula is C15H13ClN2O2. The molecule has 4 nitrogen and oxygen atoms in total. The van der Waals surface area contributed by atoms with Gasteiger partial charge in [-0.3, -0.25) is 10.0 Å². The summed E-state index contributed by atoms with van der Waals surface area (Å²) in [7, 11) is 0. The number of para-hydroxylation sites is 1. The van der Waals surface area contributed by atoms with Crippen LogP contribution in [0.1, 0.15) is 12.5 Å². The summed E-state index contributed by atoms with van der Waals surface area (Å²) in [6, 6.07) is 14.1. The van der Waals surface area contributed by atoms with Gasteiger partial charge in [-0.2, -0.15) is 0 Å². The zero-order valence-electron chi connectivity index (χ0n) is 10.8. The van der Waals surface area contributed by atoms with Gasteiger partial charge in [-0.05, 0) is 31.2 Å². The summed E-state index contributed by atoms with van der Waals surface area (Å²) in [6.07, 6.45) is 0. The number of carbonyl (C=O) groups is 1. The van der Waals surface area contributed by atoms with Crippen molar-refractivity contribution < 1.29 is 10.0 Å². The molecule has 0 saturated heterocycles. The predicted molar refractivity (Wildman–Crippen MR) is 78.1 cm³/mol. The van der Waals surface area contributed by atoms with E-state index in [1.165, 1.54) is 0 Å². The van der Waals surface area contributed by atoms with Crippen LogP contribution in [0.2, 0.25) is 5.02 Å². The van der Waals surface area contributed by atoms with E-state index in [0.29, 0.717) is 22.0 Å². The SMILES string of the molecule is C[C@@]1(N(O)c2ccccc2)C(=O)Nc2cc(Cl)ccc21. The van der Waals surface area contributed by atoms with Gasteiger partial charge in [0.1, 0.15) is 0 Å². The van der Waals surface area contributed by atoms with Gasteiger partial charge in [-0.15, -0.1) is 0 Å². The molecule has 0 saturated carbocycles. The molecular weight excluding hydrogens is 276 g/mol. The summed E-state index contributed by atoms with van der Waals surface area (Å²) in [6.45, 7) is 1.68. The molecule has 0 aliphatic carbocycles. The number of fused-ring (bicyclic) bond motifs is 1. The maximum atomic E-state index is 12.3. The van der Waals surface area contributed by atoms with Crippen molar-refractivity contribution in [1.82, 2.24) is 0 Å². The van der Waals surface area contributed by atoms with Crippen LogP contribution in [0, 0.1) is 0 Å². The molecule has 1 amide bonds. The minimum absolute atomic E-state index is 0.291. The zero-order valence-corrected chi connectivity index (χ0v) is 11.6. The number of carbonyl (C=O) groups excluding carboxylic acids is 1. The Balaban J connectivity index is 2.11. The lowest BCUT2D eigenvalue weighted by Crippen LogP contribution is -2.47. The lowest BCUT2D eigenvalue weighted by atomic mass is 9.92. The highest BCUT2D eigenvalue weighted by molar-refractivity contribution is 6.31. The summed E-state index contributed by atoms with van der Waals surface area (Å²) in [4.78, 5) is 12.3. The fraction of sp³-hybridized carbons (Fsp3) is 0.133. The summed E-state index contributed by atoms with van der Waals surface area (Å²) in [5.74, 6) is -0.291. The standard InChI is InChI=1S/C15H13ClN2O2/c1-15(18(20)11-5-3-2-4-6-11)12-8-7-10(16)9-13(12)17-14(15)19/h2-9,20H,1H3,(H,17,19)/t15-/m0/s1. The Bertz CT molecular complexity index is 675. The van der Waals surface area contributed by atoms with E-state index in [4.69, 9.17) is 11.6 Å². The maximum Gasteiger partial charge on any atom is 0.257 e. The normalized spacial score (nSPS) is 20.4. The highest BCUT2D eigenvalue weighted by Crippen LogP contribution is 2.42. The molecule has 0 radical (unpaired) electrons. The van der Waals surface area contributed by atoms with Crippen LogP contribution in [0.15, 0.2) is 48.5 Å². The Hall–Kier alpha value is -2.04. The first-order chi connectivity index (χ1) is 9.53. The fourth-order valence-corrected chi connectivity index (χ4v) is 2.62. The average molecular weight is 289 g/mol. The van der Waals surface area contributed by atoms with E-state index in [-0.39, 0.29) is 5.91 Å². The molecule has 0 fully saturated rings. The van der Waals surface area contributed by atoms with Gasteiger partial charge in [0.25, 0.3) is 5.91 Å². The van der Waals surface area contributed by atoms with Crippen molar-refractivity contribution >= 4 is 28.9 Å². The van der Waals surface area contributed by atoms with Crippen molar-refractivity contribution in [3.63, 3.8) is 0 Å². The zero-order chi connectivity index (χ0) is 14.3. The average Bonchev–Trinajstić information content (AvgIpc) is 2.71. The third kappa shape index (κ3) is 1.77. The molecule has 2 aromatic rings. The number of benzene rings is 2. The predicted octanol–water partition coefficient (Wildman–Crippen LogP) is 3.40. The monoisotopic (exact) mass is 288 g/mol. The number of hydrogen-bond donors (Lipinski definition) is 2. The van der Waals surface area contributed by atoms with Gasteiger partial charge in [0.2, 0.25) is 0 Å². The molecule has 0 unspecified atom stereocenters. The summed E-state index contributed by atoms with van der Waals surface area (Å²) >= 11 is 5.93. The third-order valence-corrected chi connectivity index (χ3v) is 3.86. The molecule has 2 N–H and O–H groups in total. The summed E-state index contributed by atoms with van der Waals surface area (Å²) in [5, 5.41) is 14.8. The summed E-state index contributed by atoms with van der Waals surface area (Å²) in [5.41, 5.74) is 0.688. The number of nitrogens with zero attached hydrogens (tertiary/aromatic N) is 1. The number of amides is 1. The second kappa shape index (κ2) is 4.51. The molecule has 3 rings (SSSR count). The number of nitrogens with one attached hydrogen (secondary N) is 1. The van der Waals surface area contributed by atoms with Crippen molar-refractivity contribution in [3.8, 4) is 0 Å². The van der Waals surface area contributed by atoms with Crippen LogP contribution in [-0.2, 0) is 10.3 Å². The van der Waals surface area contributed by atoms with Gasteiger partial charge in [0, 0.05) is 16.3 Å². The molecule has 0 spiro atoms. The van der Waals surface area contributed by atoms with E-state index in [0.717, 1.165) is 5.06 Å². The Morgan fingerprint density at radius 2 is 1.90 bits per heavy atom. The Labute approximate surface area is 121 Å². The smallest absolute Gasteiger partial charge is 0.257 e. The number of rotatable bonds is 2. The van der Waals surface area contributed by atoms with Crippen molar-refractivity contribution in [2.24, 2.45) is 0 Å². The van der Waals surface area contributed by atoms with Gasteiger partial charge in [-0.1, -0.05) is 35.9 Å². The van der Waals surface area contributed by atoms with E-state index in [2.05, 4.69) is 5.32 Å². The minimum Gasteiger partial charge on any atom is -0.323 e. The molecule has 1 aliphatic rings. The first-order valence-electron chi connectivity index (χ1n) is 6.19. The van der Waals surface area contributed by atoms with Crippen molar-refractivity contribution in [2.45, 2.75) is 12.5 Å². The van der Waals surface area contributed by atoms with Crippen LogP contribution in [0.4, 0.5) is 11.4 Å². The quantitative estimate of drug-likeness (QED) is 0.833. The third-order valence-electron chi connectivity index (χ3n) is 3.62. The molecule has 20 heavy (non-hydrogen) atoms. The van der Waals surface area contributed by atoms with E-state index >= 15 is 0 Å². The second-order valence-corrected chi connectivity index (χ2v) is 5.30. The van der Waals surface area contributed by atoms with Crippen LogP contribution in [0.3, 0.4) is 0 Å². The van der Waals surface area contributed by atoms with Crippen LogP contribution in [0.25, 0.3) is 0 Å². The largest absolute Gasteiger partial charge is 0.323 e. The number of halogens is 1. The first kappa shape index (κ1) is 13.0. The molecule has 1 heterocycles. The van der Waals surface area contributed by atoms with Crippen LogP contribution in [0.5, 0.6) is 0 Å². The van der Waals surface area contributed by atoms with E-state index in [1.54, 1.807) is 49.4 Å². The van der Waals surface area contributed by atoms with E-state index < -0.39 is 5.54 Å². The number of anilines is 2. The molecule has 5 heteroatoms. The molecule has 102 valence electrons. The molecule has 0 bridgehead atoms. The van der Waals surface area contributed by atoms with Crippen LogP contribution < -0.4 is 10.4 Å². The Kier molecular flexibility index (Phi) is 2.92. The van der Waals surface area contributed by atoms with Gasteiger partial charge in [-0.25, -0.2) is 5.06 Å². The van der Waals surface area contributed by atoms with E-state index in [1.807, 2.05) is 6.07 Å². The molecule has 1 atom stereocenters. The fourth-order valence-electron chi connectivity index (χ4n) is 2.45. The lowest BCUT2D eigenvalue weighted by molar-refractivity contribution is -0.122. The minimum atomic E-state index is -1.18. The van der Waals surface area contributed by atoms with Crippen molar-refractivity contribution in [3.05, 3.63) is 59.1 Å². The first-order valence-corrected chi connectivity index (χ1v) is 6.57. The summed E-state index contributed by atoms with van der Waals surface area (Å²) < 4.78 is 0. The highest BCUT2D eigenvalue weighted by atomic mass is 35.5. The van der Waals surface area contributed by atoms with Gasteiger partial charge >= 0.3 is 0 Å². The van der Waals surface area contributed by atoms with Crippen molar-refractivity contribution in [2.75, 3.05) is 10.4 Å². The van der Waals surface area contributed by atoms with Gasteiger partial charge < -0.3 is 5.32 Å². The van der Waals surface area contributed by atoms with Gasteiger partial charge in [0.15, 0.2) is 5.54 Å². The molecule has 1 aliphatic heterocycles. The van der Waals surface area contributed by atoms with E-state index in [9.17, 15) is 10.0 Å². The number of hydroxylamine groups is 1. The Morgan fingerprint density at radius 3 is 2.60 bits per heavy atom. The van der Waals surface area contributed by atoms with Crippen LogP contribution >= 0.6 is 11.6 Å².